The topological polar surface area (TPSA) is 12.9 Å². The van der Waals surface area contributed by atoms with Crippen molar-refractivity contribution in [3.8, 4) is 0 Å². The minimum atomic E-state index is 0.867. The van der Waals surface area contributed by atoms with Crippen molar-refractivity contribution in [3.05, 3.63) is 30.1 Å². The van der Waals surface area contributed by atoms with E-state index in [4.69, 9.17) is 0 Å². The van der Waals surface area contributed by atoms with Crippen molar-refractivity contribution in [1.82, 2.24) is 4.98 Å². The molecule has 2 saturated carbocycles. The molecule has 1 aromatic heterocycles. The Morgan fingerprint density at radius 1 is 1.33 bits per heavy atom. The molecule has 2 aliphatic rings. The molecule has 0 amide bonds. The summed E-state index contributed by atoms with van der Waals surface area (Å²) in [5.74, 6) is 2.97. The number of aromatic nitrogens is 1. The number of pyridine rings is 1. The van der Waals surface area contributed by atoms with Crippen LogP contribution in [0.4, 0.5) is 0 Å². The molecule has 1 nitrogen and oxygen atoms in total. The molecule has 0 aliphatic heterocycles. The zero-order valence-electron chi connectivity index (χ0n) is 7.11. The zero-order chi connectivity index (χ0) is 7.97. The van der Waals surface area contributed by atoms with E-state index in [0.29, 0.717) is 0 Å². The van der Waals surface area contributed by atoms with E-state index in [1.54, 1.807) is 0 Å². The van der Waals surface area contributed by atoms with Crippen LogP contribution in [-0.4, -0.2) is 4.98 Å². The SMILES string of the molecule is c1cncc(C2CC2C2CC2)c1. The number of hydrogen-bond donors (Lipinski definition) is 0. The van der Waals surface area contributed by atoms with E-state index in [1.807, 2.05) is 12.4 Å². The molecule has 1 heteroatoms. The van der Waals surface area contributed by atoms with Gasteiger partial charge in [-0.2, -0.15) is 0 Å². The Hall–Kier alpha value is -0.850. The van der Waals surface area contributed by atoms with Crippen molar-refractivity contribution < 1.29 is 0 Å². The molecular weight excluding hydrogens is 146 g/mol. The van der Waals surface area contributed by atoms with E-state index in [0.717, 1.165) is 17.8 Å². The lowest BCUT2D eigenvalue weighted by Crippen LogP contribution is -1.85. The van der Waals surface area contributed by atoms with Gasteiger partial charge in [0.25, 0.3) is 0 Å². The van der Waals surface area contributed by atoms with Crippen LogP contribution in [0.3, 0.4) is 0 Å². The Morgan fingerprint density at radius 2 is 2.25 bits per heavy atom. The average Bonchev–Trinajstić information content (AvgIpc) is 2.99. The van der Waals surface area contributed by atoms with Gasteiger partial charge in [-0.1, -0.05) is 6.07 Å². The quantitative estimate of drug-likeness (QED) is 0.646. The molecule has 0 spiro atoms. The molecule has 2 aliphatic carbocycles. The Balaban J connectivity index is 1.76. The van der Waals surface area contributed by atoms with Gasteiger partial charge in [-0.15, -0.1) is 0 Å². The minimum absolute atomic E-state index is 0.867. The van der Waals surface area contributed by atoms with Gasteiger partial charge in [0.15, 0.2) is 0 Å². The van der Waals surface area contributed by atoms with Crippen molar-refractivity contribution in [2.45, 2.75) is 25.2 Å². The Morgan fingerprint density at radius 3 is 2.92 bits per heavy atom. The van der Waals surface area contributed by atoms with Gasteiger partial charge in [0.2, 0.25) is 0 Å². The van der Waals surface area contributed by atoms with E-state index in [-0.39, 0.29) is 0 Å². The van der Waals surface area contributed by atoms with Gasteiger partial charge >= 0.3 is 0 Å². The van der Waals surface area contributed by atoms with Gasteiger partial charge in [-0.25, -0.2) is 0 Å². The summed E-state index contributed by atoms with van der Waals surface area (Å²) in [7, 11) is 0. The van der Waals surface area contributed by atoms with Crippen LogP contribution in [0.25, 0.3) is 0 Å². The lowest BCUT2D eigenvalue weighted by atomic mass is 10.1. The van der Waals surface area contributed by atoms with E-state index < -0.39 is 0 Å². The predicted molar refractivity (Wildman–Crippen MR) is 47.8 cm³/mol. The predicted octanol–water partition coefficient (Wildman–Crippen LogP) is 2.60. The largest absolute Gasteiger partial charge is 0.264 e. The van der Waals surface area contributed by atoms with Crippen LogP contribution < -0.4 is 0 Å². The molecule has 2 atom stereocenters. The third-order valence-corrected chi connectivity index (χ3v) is 3.18. The summed E-state index contributed by atoms with van der Waals surface area (Å²) in [6, 6.07) is 4.28. The molecule has 1 heterocycles. The van der Waals surface area contributed by atoms with Crippen molar-refractivity contribution in [2.75, 3.05) is 0 Å². The van der Waals surface area contributed by atoms with Crippen LogP contribution in [0, 0.1) is 11.8 Å². The van der Waals surface area contributed by atoms with Crippen molar-refractivity contribution in [2.24, 2.45) is 11.8 Å². The summed E-state index contributed by atoms with van der Waals surface area (Å²) in [6.07, 6.45) is 8.30. The number of hydrogen-bond acceptors (Lipinski definition) is 1. The third kappa shape index (κ3) is 1.04. The van der Waals surface area contributed by atoms with Gasteiger partial charge in [0.1, 0.15) is 0 Å². The van der Waals surface area contributed by atoms with Crippen LogP contribution in [0.15, 0.2) is 24.5 Å². The molecule has 0 bridgehead atoms. The fraction of sp³-hybridized carbons (Fsp3) is 0.545. The van der Waals surface area contributed by atoms with Crippen molar-refractivity contribution in [1.29, 1.82) is 0 Å². The second-order valence-electron chi connectivity index (χ2n) is 4.13. The van der Waals surface area contributed by atoms with Gasteiger partial charge in [0.05, 0.1) is 0 Å². The summed E-state index contributed by atoms with van der Waals surface area (Å²) < 4.78 is 0. The van der Waals surface area contributed by atoms with Gasteiger partial charge in [-0.3, -0.25) is 4.98 Å². The summed E-state index contributed by atoms with van der Waals surface area (Å²) in [6.45, 7) is 0. The highest BCUT2D eigenvalue weighted by Gasteiger charge is 2.47. The van der Waals surface area contributed by atoms with Crippen molar-refractivity contribution >= 4 is 0 Å². The summed E-state index contributed by atoms with van der Waals surface area (Å²) in [5.41, 5.74) is 1.47. The van der Waals surface area contributed by atoms with Gasteiger partial charge < -0.3 is 0 Å². The molecule has 2 fully saturated rings. The molecule has 12 heavy (non-hydrogen) atoms. The Kier molecular flexibility index (Phi) is 1.28. The zero-order valence-corrected chi connectivity index (χ0v) is 7.11. The summed E-state index contributed by atoms with van der Waals surface area (Å²) in [4.78, 5) is 4.16. The van der Waals surface area contributed by atoms with Gasteiger partial charge in [0, 0.05) is 12.4 Å². The molecule has 0 aromatic carbocycles. The average molecular weight is 159 g/mol. The Bertz CT molecular complexity index is 276. The number of nitrogens with zero attached hydrogens (tertiary/aromatic N) is 1. The maximum absolute atomic E-state index is 4.16. The maximum atomic E-state index is 4.16. The van der Waals surface area contributed by atoms with Crippen LogP contribution >= 0.6 is 0 Å². The second kappa shape index (κ2) is 2.32. The first-order chi connectivity index (χ1) is 5.95. The molecule has 0 radical (unpaired) electrons. The molecule has 3 rings (SSSR count). The molecule has 2 unspecified atom stereocenters. The van der Waals surface area contributed by atoms with E-state index >= 15 is 0 Å². The monoisotopic (exact) mass is 159 g/mol. The normalized spacial score (nSPS) is 33.3. The smallest absolute Gasteiger partial charge is 0.0302 e. The van der Waals surface area contributed by atoms with Crippen LogP contribution in [0.1, 0.15) is 30.7 Å². The lowest BCUT2D eigenvalue weighted by Gasteiger charge is -1.96. The standard InChI is InChI=1S/C11H13N/c1-2-9(7-12-5-1)11-6-10(11)8-3-4-8/h1-2,5,7-8,10-11H,3-4,6H2. The first-order valence-corrected chi connectivity index (χ1v) is 4.85. The summed E-state index contributed by atoms with van der Waals surface area (Å²) >= 11 is 0. The highest BCUT2D eigenvalue weighted by atomic mass is 14.6. The number of rotatable bonds is 2. The molecule has 0 saturated heterocycles. The van der Waals surface area contributed by atoms with E-state index in [1.165, 1.54) is 24.8 Å². The van der Waals surface area contributed by atoms with Gasteiger partial charge in [-0.05, 0) is 48.6 Å². The third-order valence-electron chi connectivity index (χ3n) is 3.18. The van der Waals surface area contributed by atoms with Crippen LogP contribution in [0.2, 0.25) is 0 Å². The molecule has 0 N–H and O–H groups in total. The van der Waals surface area contributed by atoms with E-state index in [2.05, 4.69) is 17.1 Å². The highest BCUT2D eigenvalue weighted by molar-refractivity contribution is 5.23. The van der Waals surface area contributed by atoms with Crippen molar-refractivity contribution in [3.63, 3.8) is 0 Å². The van der Waals surface area contributed by atoms with E-state index in [9.17, 15) is 0 Å². The second-order valence-corrected chi connectivity index (χ2v) is 4.13. The van der Waals surface area contributed by atoms with Crippen LogP contribution in [0.5, 0.6) is 0 Å². The maximum Gasteiger partial charge on any atom is 0.0302 e. The Labute approximate surface area is 72.8 Å². The fourth-order valence-electron chi connectivity index (χ4n) is 2.24. The molecule has 62 valence electrons. The first-order valence-electron chi connectivity index (χ1n) is 4.85. The summed E-state index contributed by atoms with van der Waals surface area (Å²) in [5, 5.41) is 0. The minimum Gasteiger partial charge on any atom is -0.264 e. The molecule has 1 aromatic rings. The fourth-order valence-corrected chi connectivity index (χ4v) is 2.24. The molecular formula is C11H13N. The lowest BCUT2D eigenvalue weighted by molar-refractivity contribution is 0.689. The highest BCUT2D eigenvalue weighted by Crippen LogP contribution is 2.58. The first kappa shape index (κ1) is 6.64. The van der Waals surface area contributed by atoms with Crippen LogP contribution in [-0.2, 0) is 0 Å².